The fraction of sp³-hybridized carbons (Fsp3) is 0.0556. The summed E-state index contributed by atoms with van der Waals surface area (Å²) in [6, 6.07) is 17.3. The average Bonchev–Trinajstić information content (AvgIpc) is 3.10. The second kappa shape index (κ2) is 10.1. The number of allylic oxidation sites excluding steroid dienone is 4. The van der Waals surface area contributed by atoms with Gasteiger partial charge in [-0.2, -0.15) is 6.08 Å². The number of rotatable bonds is 1. The van der Waals surface area contributed by atoms with Gasteiger partial charge in [0, 0.05) is 0 Å². The molecule has 0 saturated carbocycles. The molecule has 0 fully saturated rings. The molecule has 0 heterocycles. The summed E-state index contributed by atoms with van der Waals surface area (Å²) in [6.45, 7) is 0. The van der Waals surface area contributed by atoms with Crippen LogP contribution in [0, 0.1) is 6.08 Å². The van der Waals surface area contributed by atoms with Gasteiger partial charge in [-0.3, -0.25) is 6.08 Å². The first-order chi connectivity index (χ1) is 9.86. The minimum absolute atomic E-state index is 0.307. The molecular weight excluding hydrogens is 280 g/mol. The monoisotopic (exact) mass is 297 g/mol. The Balaban J connectivity index is 0.000000239. The second-order valence-electron chi connectivity index (χ2n) is 3.92. The molecule has 0 unspecified atom stereocenters. The topological polar surface area (TPSA) is 20.2 Å². The Morgan fingerprint density at radius 1 is 0.950 bits per heavy atom. The molecule has 0 aromatic heterocycles. The van der Waals surface area contributed by atoms with E-state index in [4.69, 9.17) is 0 Å². The van der Waals surface area contributed by atoms with Crippen LogP contribution in [0.5, 0.6) is 5.75 Å². The number of phenols is 1. The van der Waals surface area contributed by atoms with E-state index < -0.39 is 0 Å². The van der Waals surface area contributed by atoms with Gasteiger partial charge in [-0.15, -0.1) is 6.42 Å². The first kappa shape index (κ1) is 16.4. The molecule has 2 heteroatoms. The molecule has 2 aromatic carbocycles. The van der Waals surface area contributed by atoms with E-state index >= 15 is 0 Å². The third kappa shape index (κ3) is 5.96. The zero-order chi connectivity index (χ0) is 14.6. The Bertz CT molecular complexity index is 549. The van der Waals surface area contributed by atoms with Gasteiger partial charge in [0.05, 0.1) is 0 Å². The summed E-state index contributed by atoms with van der Waals surface area (Å²) in [4.78, 5) is 3.25. The van der Waals surface area contributed by atoms with Crippen molar-refractivity contribution in [1.82, 2.24) is 0 Å². The third-order valence-electron chi connectivity index (χ3n) is 2.54. The fourth-order valence-electron chi connectivity index (χ4n) is 1.66. The summed E-state index contributed by atoms with van der Waals surface area (Å²) < 4.78 is 0. The maximum atomic E-state index is 9.27. The summed E-state index contributed by atoms with van der Waals surface area (Å²) in [7, 11) is 0. The second-order valence-corrected chi connectivity index (χ2v) is 3.92. The number of aromatic hydroxyl groups is 1. The number of hydrogen-bond donors (Lipinski definition) is 1. The Labute approximate surface area is 132 Å². The van der Waals surface area contributed by atoms with Crippen LogP contribution in [-0.2, 0) is 20.0 Å². The molecule has 0 atom stereocenters. The summed E-state index contributed by atoms with van der Waals surface area (Å²) in [5.41, 5.74) is 2.17. The Hall–Kier alpha value is -1.70. The molecule has 20 heavy (non-hydrogen) atoms. The molecule has 3 rings (SSSR count). The van der Waals surface area contributed by atoms with Gasteiger partial charge in [-0.25, -0.2) is 12.2 Å². The van der Waals surface area contributed by atoms with E-state index in [1.807, 2.05) is 54.6 Å². The predicted octanol–water partition coefficient (Wildman–Crippen LogP) is 4.33. The van der Waals surface area contributed by atoms with Crippen LogP contribution in [0.3, 0.4) is 0 Å². The van der Waals surface area contributed by atoms with Gasteiger partial charge in [-0.1, -0.05) is 42.5 Å². The van der Waals surface area contributed by atoms with E-state index in [1.54, 1.807) is 32.1 Å². The summed E-state index contributed by atoms with van der Waals surface area (Å²) in [5.74, 6) is 0.307. The van der Waals surface area contributed by atoms with Crippen LogP contribution < -0.4 is 0 Å². The van der Waals surface area contributed by atoms with Crippen molar-refractivity contribution in [3.63, 3.8) is 0 Å². The molecule has 1 nitrogen and oxygen atoms in total. The maximum absolute atomic E-state index is 9.27. The third-order valence-corrected chi connectivity index (χ3v) is 2.54. The van der Waals surface area contributed by atoms with Crippen molar-refractivity contribution < 1.29 is 25.1 Å². The van der Waals surface area contributed by atoms with Gasteiger partial charge >= 0.3 is 24.8 Å². The van der Waals surface area contributed by atoms with Crippen molar-refractivity contribution in [3.8, 4) is 16.9 Å². The van der Waals surface area contributed by atoms with Gasteiger partial charge in [0.15, 0.2) is 0 Å². The molecule has 99 valence electrons. The molecule has 0 aliphatic heterocycles. The Kier molecular flexibility index (Phi) is 8.29. The van der Waals surface area contributed by atoms with Crippen LogP contribution in [0.15, 0.2) is 72.8 Å². The summed E-state index contributed by atoms with van der Waals surface area (Å²) in [6.07, 6.45) is 10.0. The minimum atomic E-state index is 0.307. The van der Waals surface area contributed by atoms with Crippen LogP contribution in [-0.4, -0.2) is 9.92 Å². The van der Waals surface area contributed by atoms with Crippen LogP contribution in [0.1, 0.15) is 6.42 Å². The van der Waals surface area contributed by atoms with Crippen LogP contribution in [0.4, 0.5) is 0 Å². The predicted molar refractivity (Wildman–Crippen MR) is 82.2 cm³/mol. The number of hydrogen-bond acceptors (Lipinski definition) is 1. The fourth-order valence-corrected chi connectivity index (χ4v) is 1.66. The van der Waals surface area contributed by atoms with Gasteiger partial charge in [0.25, 0.3) is 0 Å². The summed E-state index contributed by atoms with van der Waals surface area (Å²) in [5, 5.41) is 9.27. The van der Waals surface area contributed by atoms with Crippen molar-refractivity contribution in [2.75, 3.05) is 0 Å². The van der Waals surface area contributed by atoms with Crippen molar-refractivity contribution in [3.05, 3.63) is 78.9 Å². The first-order valence-corrected chi connectivity index (χ1v) is 7.38. The molecule has 0 spiro atoms. The molecule has 2 aromatic rings. The van der Waals surface area contributed by atoms with Crippen molar-refractivity contribution >= 4 is 4.82 Å². The molecule has 1 N–H and O–H groups in total. The van der Waals surface area contributed by atoms with Crippen molar-refractivity contribution in [1.29, 1.82) is 0 Å². The number of phenolic OH excluding ortho intramolecular Hbond substituents is 1. The SMILES string of the molecule is Oc1cccc(-c2ccccc2)c1.[C-]1=CC=CC1.[CH2]=[Ti+]. The van der Waals surface area contributed by atoms with E-state index in [1.165, 1.54) is 0 Å². The zero-order valence-corrected chi connectivity index (χ0v) is 12.9. The molecule has 1 aliphatic carbocycles. The van der Waals surface area contributed by atoms with Gasteiger partial charge in [-0.05, 0) is 23.3 Å². The first-order valence-electron chi connectivity index (χ1n) is 6.28. The van der Waals surface area contributed by atoms with Gasteiger partial charge in [0.2, 0.25) is 0 Å². The molecule has 0 radical (unpaired) electrons. The van der Waals surface area contributed by atoms with Crippen LogP contribution in [0.2, 0.25) is 0 Å². The van der Waals surface area contributed by atoms with Crippen LogP contribution >= 0.6 is 0 Å². The zero-order valence-electron chi connectivity index (χ0n) is 11.3. The number of benzene rings is 2. The average molecular weight is 297 g/mol. The summed E-state index contributed by atoms with van der Waals surface area (Å²) >= 11 is 1.75. The van der Waals surface area contributed by atoms with E-state index in [0.717, 1.165) is 17.5 Å². The molecule has 0 amide bonds. The van der Waals surface area contributed by atoms with Gasteiger partial charge in [0.1, 0.15) is 5.75 Å². The quantitative estimate of drug-likeness (QED) is 0.613. The molecule has 0 bridgehead atoms. The van der Waals surface area contributed by atoms with E-state index in [2.05, 4.69) is 17.0 Å². The normalized spacial score (nSPS) is 11.1. The van der Waals surface area contributed by atoms with Gasteiger partial charge < -0.3 is 5.11 Å². The van der Waals surface area contributed by atoms with Crippen molar-refractivity contribution in [2.45, 2.75) is 6.42 Å². The molecule has 0 saturated heterocycles. The standard InChI is InChI=1S/C12H10O.C5H5.CH2.Ti/c13-12-8-4-7-11(9-12)10-5-2-1-3-6-10;1-2-4-5-3-1;;/h1-9,13H;1-3H,4H2;1H2;/q;-1;;+1. The van der Waals surface area contributed by atoms with Crippen molar-refractivity contribution in [2.24, 2.45) is 0 Å². The van der Waals surface area contributed by atoms with E-state index in [9.17, 15) is 5.11 Å². The van der Waals surface area contributed by atoms with E-state index in [-0.39, 0.29) is 0 Å². The molecular formula is C18H17OTi. The Morgan fingerprint density at radius 3 is 2.15 bits per heavy atom. The molecule has 1 aliphatic rings. The van der Waals surface area contributed by atoms with Crippen LogP contribution in [0.25, 0.3) is 11.1 Å². The van der Waals surface area contributed by atoms with E-state index in [0.29, 0.717) is 5.75 Å². The Morgan fingerprint density at radius 2 is 1.65 bits per heavy atom.